The molecule has 0 N–H and O–H groups in total. The summed E-state index contributed by atoms with van der Waals surface area (Å²) < 4.78 is 13.4. The first kappa shape index (κ1) is 22.8. The molecular formula is C25H33NO3Se. The van der Waals surface area contributed by atoms with Crippen LogP contribution in [-0.2, 0) is 15.6 Å². The zero-order valence-electron chi connectivity index (χ0n) is 19.0. The Kier molecular flexibility index (Phi) is 6.94. The van der Waals surface area contributed by atoms with Gasteiger partial charge in [0, 0.05) is 0 Å². The third kappa shape index (κ3) is 4.90. The fourth-order valence-corrected chi connectivity index (χ4v) is 5.68. The van der Waals surface area contributed by atoms with E-state index in [1.807, 2.05) is 6.07 Å². The van der Waals surface area contributed by atoms with E-state index in [4.69, 9.17) is 9.47 Å². The third-order valence-electron chi connectivity index (χ3n) is 5.84. The van der Waals surface area contributed by atoms with E-state index < -0.39 is 0 Å². The monoisotopic (exact) mass is 475 g/mol. The van der Waals surface area contributed by atoms with Crippen molar-refractivity contribution in [3.63, 3.8) is 0 Å². The number of ether oxygens (including phenoxy) is 2. The van der Waals surface area contributed by atoms with Crippen LogP contribution in [0.2, 0.25) is 0 Å². The topological polar surface area (TPSA) is 48.4 Å². The van der Waals surface area contributed by atoms with Crippen LogP contribution in [0, 0.1) is 0 Å². The van der Waals surface area contributed by atoms with Gasteiger partial charge in [0.05, 0.1) is 0 Å². The molecule has 0 aliphatic heterocycles. The van der Waals surface area contributed by atoms with Gasteiger partial charge in [-0.3, -0.25) is 0 Å². The first-order valence-electron chi connectivity index (χ1n) is 10.8. The second kappa shape index (κ2) is 9.11. The summed E-state index contributed by atoms with van der Waals surface area (Å²) in [6, 6.07) is 8.39. The van der Waals surface area contributed by atoms with Crippen molar-refractivity contribution in [2.75, 3.05) is 13.2 Å². The molecule has 0 saturated heterocycles. The standard InChI is InChI=1S/C25H33NO3Se/c1-7-13-29-20-14-18-19(25(5,6)12-11-24(18,3)4)15-21(20)30-22-10-9-17(16-26-22)23(27)28-8-2/h9-10,14-16H,7-8,11-13H2,1-6H3. The van der Waals surface area contributed by atoms with Crippen LogP contribution in [-0.4, -0.2) is 39.1 Å². The zero-order valence-corrected chi connectivity index (χ0v) is 20.7. The quantitative estimate of drug-likeness (QED) is 0.449. The second-order valence-electron chi connectivity index (χ2n) is 9.17. The van der Waals surface area contributed by atoms with E-state index in [2.05, 4.69) is 51.7 Å². The first-order chi connectivity index (χ1) is 14.2. The first-order valence-corrected chi connectivity index (χ1v) is 12.5. The predicted octanol–water partition coefficient (Wildman–Crippen LogP) is 4.05. The molecule has 0 saturated carbocycles. The summed E-state index contributed by atoms with van der Waals surface area (Å²) in [6.07, 6.45) is 4.96. The minimum atomic E-state index is -0.325. The Bertz CT molecular complexity index is 903. The van der Waals surface area contributed by atoms with Gasteiger partial charge in [0.15, 0.2) is 0 Å². The molecule has 162 valence electrons. The van der Waals surface area contributed by atoms with Gasteiger partial charge in [0.25, 0.3) is 0 Å². The molecule has 1 aromatic heterocycles. The van der Waals surface area contributed by atoms with Crippen molar-refractivity contribution in [2.24, 2.45) is 0 Å². The normalized spacial score (nSPS) is 16.6. The van der Waals surface area contributed by atoms with Crippen LogP contribution in [0.5, 0.6) is 5.75 Å². The number of nitrogens with zero attached hydrogens (tertiary/aromatic N) is 1. The maximum atomic E-state index is 11.9. The molecule has 0 bridgehead atoms. The molecule has 4 nitrogen and oxygen atoms in total. The van der Waals surface area contributed by atoms with Gasteiger partial charge in [-0.2, -0.15) is 0 Å². The Morgan fingerprint density at radius 2 is 1.73 bits per heavy atom. The van der Waals surface area contributed by atoms with Crippen LogP contribution in [0.15, 0.2) is 30.5 Å². The fourth-order valence-electron chi connectivity index (χ4n) is 3.87. The van der Waals surface area contributed by atoms with Crippen LogP contribution in [0.4, 0.5) is 0 Å². The number of benzene rings is 1. The number of hydrogen-bond acceptors (Lipinski definition) is 4. The van der Waals surface area contributed by atoms with E-state index in [9.17, 15) is 4.79 Å². The Morgan fingerprint density at radius 1 is 1.07 bits per heavy atom. The molecule has 1 aliphatic carbocycles. The van der Waals surface area contributed by atoms with Crippen molar-refractivity contribution in [1.29, 1.82) is 0 Å². The number of rotatable bonds is 7. The van der Waals surface area contributed by atoms with Gasteiger partial charge in [-0.1, -0.05) is 0 Å². The molecule has 5 heteroatoms. The predicted molar refractivity (Wildman–Crippen MR) is 123 cm³/mol. The summed E-state index contributed by atoms with van der Waals surface area (Å²) in [5, 5.41) is 0. The molecule has 0 fully saturated rings. The van der Waals surface area contributed by atoms with Crippen LogP contribution >= 0.6 is 0 Å². The van der Waals surface area contributed by atoms with E-state index in [1.54, 1.807) is 19.2 Å². The van der Waals surface area contributed by atoms with E-state index in [-0.39, 0.29) is 31.8 Å². The molecule has 0 atom stereocenters. The van der Waals surface area contributed by atoms with E-state index in [0.717, 1.165) is 16.8 Å². The number of carbonyl (C=O) groups is 1. The molecule has 1 aromatic carbocycles. The SMILES string of the molecule is CCCOc1cc2c(cc1[Se]c1ccc(C(=O)OCC)cn1)C(C)(C)CCC2(C)C. The zero-order chi connectivity index (χ0) is 21.9. The summed E-state index contributed by atoms with van der Waals surface area (Å²) in [7, 11) is 0. The van der Waals surface area contributed by atoms with Gasteiger partial charge in [-0.25, -0.2) is 0 Å². The maximum absolute atomic E-state index is 11.9. The number of pyridine rings is 1. The van der Waals surface area contributed by atoms with Crippen molar-refractivity contribution >= 4 is 30.0 Å². The average molecular weight is 475 g/mol. The molecule has 1 aliphatic rings. The number of hydrogen-bond donors (Lipinski definition) is 0. The molecule has 0 unspecified atom stereocenters. The third-order valence-corrected chi connectivity index (χ3v) is 7.92. The van der Waals surface area contributed by atoms with Crippen molar-refractivity contribution < 1.29 is 14.3 Å². The molecular weight excluding hydrogens is 441 g/mol. The van der Waals surface area contributed by atoms with Crippen molar-refractivity contribution in [3.05, 3.63) is 47.2 Å². The van der Waals surface area contributed by atoms with Crippen LogP contribution in [0.25, 0.3) is 0 Å². The summed E-state index contributed by atoms with van der Waals surface area (Å²) in [5.41, 5.74) is 3.64. The minimum absolute atomic E-state index is 0.0109. The molecule has 0 spiro atoms. The van der Waals surface area contributed by atoms with E-state index >= 15 is 0 Å². The average Bonchev–Trinajstić information content (AvgIpc) is 2.71. The Labute approximate surface area is 186 Å². The number of carbonyl (C=O) groups excluding carboxylic acids is 1. The molecule has 0 radical (unpaired) electrons. The Hall–Kier alpha value is -1.84. The molecule has 3 rings (SSSR count). The van der Waals surface area contributed by atoms with Gasteiger partial charge in [-0.05, 0) is 0 Å². The summed E-state index contributed by atoms with van der Waals surface area (Å²) in [4.78, 5) is 16.4. The van der Waals surface area contributed by atoms with Gasteiger partial charge in [0.2, 0.25) is 0 Å². The molecule has 30 heavy (non-hydrogen) atoms. The Morgan fingerprint density at radius 3 is 2.30 bits per heavy atom. The second-order valence-corrected chi connectivity index (χ2v) is 11.4. The molecule has 1 heterocycles. The van der Waals surface area contributed by atoms with E-state index in [1.165, 1.54) is 28.4 Å². The number of aromatic nitrogens is 1. The fraction of sp³-hybridized carbons (Fsp3) is 0.520. The van der Waals surface area contributed by atoms with Crippen LogP contribution in [0.1, 0.15) is 82.3 Å². The molecule has 0 amide bonds. The van der Waals surface area contributed by atoms with Crippen LogP contribution < -0.4 is 13.8 Å². The van der Waals surface area contributed by atoms with Crippen molar-refractivity contribution in [2.45, 2.75) is 71.6 Å². The van der Waals surface area contributed by atoms with Gasteiger partial charge < -0.3 is 0 Å². The van der Waals surface area contributed by atoms with Crippen LogP contribution in [0.3, 0.4) is 0 Å². The van der Waals surface area contributed by atoms with Gasteiger partial charge >= 0.3 is 187 Å². The summed E-state index contributed by atoms with van der Waals surface area (Å²) >= 11 is -0.0109. The van der Waals surface area contributed by atoms with Crippen molar-refractivity contribution in [1.82, 2.24) is 4.98 Å². The summed E-state index contributed by atoms with van der Waals surface area (Å²) in [6.45, 7) is 14.4. The van der Waals surface area contributed by atoms with Gasteiger partial charge in [-0.15, -0.1) is 0 Å². The van der Waals surface area contributed by atoms with Gasteiger partial charge in [0.1, 0.15) is 0 Å². The number of esters is 1. The Balaban J connectivity index is 1.98. The van der Waals surface area contributed by atoms with Crippen molar-refractivity contribution in [3.8, 4) is 5.75 Å². The number of fused-ring (bicyclic) bond motifs is 1. The molecule has 2 aromatic rings. The summed E-state index contributed by atoms with van der Waals surface area (Å²) in [5.74, 6) is 0.659. The van der Waals surface area contributed by atoms with E-state index in [0.29, 0.717) is 18.8 Å².